The van der Waals surface area contributed by atoms with E-state index in [1.165, 1.54) is 0 Å². The van der Waals surface area contributed by atoms with E-state index in [1.54, 1.807) is 0 Å². The lowest BCUT2D eigenvalue weighted by atomic mass is 9.84. The Balaban J connectivity index is 0.00000144. The maximum atomic E-state index is 12.5. The number of nitrogens with two attached hydrogens (primary N) is 1. The Morgan fingerprint density at radius 3 is 2.65 bits per heavy atom. The van der Waals surface area contributed by atoms with Gasteiger partial charge < -0.3 is 15.4 Å². The zero-order chi connectivity index (χ0) is 11.6. The highest BCUT2D eigenvalue weighted by molar-refractivity contribution is 5.85. The summed E-state index contributed by atoms with van der Waals surface area (Å²) in [5.41, 5.74) is 5.58. The number of carbonyl (C=O) groups excluding carboxylic acids is 1. The number of halogens is 1. The van der Waals surface area contributed by atoms with Crippen molar-refractivity contribution in [3.05, 3.63) is 0 Å². The van der Waals surface area contributed by atoms with E-state index in [1.807, 2.05) is 11.8 Å². The SMILES string of the molecule is CC1CN(C(=O)C2(CN)CCCC2)CCO1.Cl. The van der Waals surface area contributed by atoms with Crippen LogP contribution in [0.25, 0.3) is 0 Å². The first kappa shape index (κ1) is 14.7. The van der Waals surface area contributed by atoms with Crippen molar-refractivity contribution in [1.29, 1.82) is 0 Å². The molecular formula is C12H23ClN2O2. The standard InChI is InChI=1S/C12H22N2O2.ClH/c1-10-8-14(6-7-16-10)11(15)12(9-13)4-2-3-5-12;/h10H,2-9,13H2,1H3;1H. The molecule has 0 radical (unpaired) electrons. The van der Waals surface area contributed by atoms with E-state index in [2.05, 4.69) is 0 Å². The molecule has 1 aliphatic heterocycles. The molecule has 5 heteroatoms. The average molecular weight is 263 g/mol. The number of ether oxygens (including phenoxy) is 1. The summed E-state index contributed by atoms with van der Waals surface area (Å²) in [4.78, 5) is 14.4. The fourth-order valence-corrected chi connectivity index (χ4v) is 2.90. The summed E-state index contributed by atoms with van der Waals surface area (Å²) in [5, 5.41) is 0. The number of nitrogens with zero attached hydrogens (tertiary/aromatic N) is 1. The topological polar surface area (TPSA) is 55.6 Å². The van der Waals surface area contributed by atoms with Crippen molar-refractivity contribution in [2.75, 3.05) is 26.2 Å². The highest BCUT2D eigenvalue weighted by Crippen LogP contribution is 2.39. The van der Waals surface area contributed by atoms with Gasteiger partial charge in [-0.05, 0) is 19.8 Å². The molecule has 0 aromatic rings. The zero-order valence-corrected chi connectivity index (χ0v) is 11.3. The summed E-state index contributed by atoms with van der Waals surface area (Å²) in [6.07, 6.45) is 4.38. The average Bonchev–Trinajstić information content (AvgIpc) is 2.78. The van der Waals surface area contributed by atoms with Gasteiger partial charge in [0.15, 0.2) is 0 Å². The molecule has 2 fully saturated rings. The predicted octanol–water partition coefficient (Wildman–Crippen LogP) is 1.17. The van der Waals surface area contributed by atoms with Crippen molar-refractivity contribution >= 4 is 18.3 Å². The first-order valence-corrected chi connectivity index (χ1v) is 6.29. The number of carbonyl (C=O) groups is 1. The van der Waals surface area contributed by atoms with Gasteiger partial charge in [-0.1, -0.05) is 12.8 Å². The van der Waals surface area contributed by atoms with E-state index in [4.69, 9.17) is 10.5 Å². The van der Waals surface area contributed by atoms with Crippen LogP contribution in [0.5, 0.6) is 0 Å². The molecule has 1 aliphatic carbocycles. The molecular weight excluding hydrogens is 240 g/mol. The van der Waals surface area contributed by atoms with Crippen molar-refractivity contribution in [2.45, 2.75) is 38.7 Å². The molecule has 1 amide bonds. The summed E-state index contributed by atoms with van der Waals surface area (Å²) in [5.74, 6) is 0.266. The van der Waals surface area contributed by atoms with Gasteiger partial charge in [0, 0.05) is 19.6 Å². The van der Waals surface area contributed by atoms with Gasteiger partial charge >= 0.3 is 0 Å². The predicted molar refractivity (Wildman–Crippen MR) is 69.2 cm³/mol. The first-order chi connectivity index (χ1) is 7.68. The monoisotopic (exact) mass is 262 g/mol. The van der Waals surface area contributed by atoms with Crippen molar-refractivity contribution in [2.24, 2.45) is 11.1 Å². The maximum Gasteiger partial charge on any atom is 0.230 e. The molecule has 0 aromatic heterocycles. The Kier molecular flexibility index (Phi) is 5.22. The molecule has 17 heavy (non-hydrogen) atoms. The smallest absolute Gasteiger partial charge is 0.230 e. The number of hydrogen-bond donors (Lipinski definition) is 1. The molecule has 2 aliphatic rings. The number of hydrogen-bond acceptors (Lipinski definition) is 3. The van der Waals surface area contributed by atoms with Crippen molar-refractivity contribution in [1.82, 2.24) is 4.90 Å². The lowest BCUT2D eigenvalue weighted by molar-refractivity contribution is -0.148. The summed E-state index contributed by atoms with van der Waals surface area (Å²) in [6.45, 7) is 4.62. The van der Waals surface area contributed by atoms with Gasteiger partial charge in [-0.2, -0.15) is 0 Å². The van der Waals surface area contributed by atoms with Crippen LogP contribution < -0.4 is 5.73 Å². The summed E-state index contributed by atoms with van der Waals surface area (Å²) >= 11 is 0. The summed E-state index contributed by atoms with van der Waals surface area (Å²) in [6, 6.07) is 0. The van der Waals surface area contributed by atoms with Gasteiger partial charge in [-0.3, -0.25) is 4.79 Å². The minimum absolute atomic E-state index is 0. The molecule has 4 nitrogen and oxygen atoms in total. The molecule has 1 heterocycles. The Morgan fingerprint density at radius 2 is 2.12 bits per heavy atom. The molecule has 1 atom stereocenters. The largest absolute Gasteiger partial charge is 0.375 e. The minimum Gasteiger partial charge on any atom is -0.375 e. The second kappa shape index (κ2) is 6.03. The van der Waals surface area contributed by atoms with Crippen LogP contribution in [0.4, 0.5) is 0 Å². The van der Waals surface area contributed by atoms with Gasteiger partial charge in [-0.15, -0.1) is 12.4 Å². The lowest BCUT2D eigenvalue weighted by Crippen LogP contribution is -2.52. The van der Waals surface area contributed by atoms with Gasteiger partial charge in [-0.25, -0.2) is 0 Å². The first-order valence-electron chi connectivity index (χ1n) is 6.29. The highest BCUT2D eigenvalue weighted by Gasteiger charge is 2.42. The van der Waals surface area contributed by atoms with Crippen LogP contribution in [-0.2, 0) is 9.53 Å². The van der Waals surface area contributed by atoms with E-state index in [0.717, 1.165) is 38.8 Å². The molecule has 1 saturated carbocycles. The third kappa shape index (κ3) is 2.92. The van der Waals surface area contributed by atoms with E-state index in [-0.39, 0.29) is 29.8 Å². The second-order valence-electron chi connectivity index (χ2n) is 5.12. The molecule has 0 spiro atoms. The summed E-state index contributed by atoms with van der Waals surface area (Å²) in [7, 11) is 0. The van der Waals surface area contributed by atoms with Gasteiger partial charge in [0.1, 0.15) is 0 Å². The maximum absolute atomic E-state index is 12.5. The minimum atomic E-state index is -0.253. The van der Waals surface area contributed by atoms with E-state index in [9.17, 15) is 4.79 Å². The number of rotatable bonds is 2. The van der Waals surface area contributed by atoms with Crippen molar-refractivity contribution in [3.63, 3.8) is 0 Å². The van der Waals surface area contributed by atoms with Crippen LogP contribution in [0, 0.1) is 5.41 Å². The van der Waals surface area contributed by atoms with Gasteiger partial charge in [0.2, 0.25) is 5.91 Å². The van der Waals surface area contributed by atoms with Crippen LogP contribution in [0.3, 0.4) is 0 Å². The normalized spacial score (nSPS) is 27.6. The highest BCUT2D eigenvalue weighted by atomic mass is 35.5. The van der Waals surface area contributed by atoms with Gasteiger partial charge in [0.05, 0.1) is 18.1 Å². The van der Waals surface area contributed by atoms with Crippen molar-refractivity contribution in [3.8, 4) is 0 Å². The quantitative estimate of drug-likeness (QED) is 0.813. The Hall–Kier alpha value is -0.320. The second-order valence-corrected chi connectivity index (χ2v) is 5.12. The molecule has 1 unspecified atom stereocenters. The Labute approximate surface area is 109 Å². The molecule has 0 bridgehead atoms. The fraction of sp³-hybridized carbons (Fsp3) is 0.917. The van der Waals surface area contributed by atoms with E-state index < -0.39 is 0 Å². The third-order valence-electron chi connectivity index (χ3n) is 3.93. The molecule has 2 rings (SSSR count). The van der Waals surface area contributed by atoms with E-state index in [0.29, 0.717) is 13.2 Å². The van der Waals surface area contributed by atoms with Crippen LogP contribution in [-0.4, -0.2) is 43.2 Å². The van der Waals surface area contributed by atoms with Crippen LogP contribution >= 0.6 is 12.4 Å². The molecule has 2 N–H and O–H groups in total. The van der Waals surface area contributed by atoms with Crippen molar-refractivity contribution < 1.29 is 9.53 Å². The molecule has 1 saturated heterocycles. The Bertz CT molecular complexity index is 267. The van der Waals surface area contributed by atoms with Gasteiger partial charge in [0.25, 0.3) is 0 Å². The third-order valence-corrected chi connectivity index (χ3v) is 3.93. The lowest BCUT2D eigenvalue weighted by Gasteiger charge is -2.37. The summed E-state index contributed by atoms with van der Waals surface area (Å²) < 4.78 is 5.46. The fourth-order valence-electron chi connectivity index (χ4n) is 2.90. The molecule has 100 valence electrons. The number of amides is 1. The van der Waals surface area contributed by atoms with Crippen LogP contribution in [0.2, 0.25) is 0 Å². The molecule has 0 aromatic carbocycles. The number of morpholine rings is 1. The van der Waals surface area contributed by atoms with Crippen LogP contribution in [0.15, 0.2) is 0 Å². The van der Waals surface area contributed by atoms with Crippen LogP contribution in [0.1, 0.15) is 32.6 Å². The Morgan fingerprint density at radius 1 is 1.47 bits per heavy atom. The zero-order valence-electron chi connectivity index (χ0n) is 10.5. The van der Waals surface area contributed by atoms with E-state index >= 15 is 0 Å².